The van der Waals surface area contributed by atoms with Gasteiger partial charge in [0.1, 0.15) is 6.10 Å². The zero-order valence-electron chi connectivity index (χ0n) is 12.9. The minimum atomic E-state index is -0.440. The number of rotatable bonds is 6. The lowest BCUT2D eigenvalue weighted by Gasteiger charge is -2.22. The van der Waals surface area contributed by atoms with E-state index in [1.54, 1.807) is 12.1 Å². The van der Waals surface area contributed by atoms with Crippen LogP contribution in [0.1, 0.15) is 29.3 Å². The van der Waals surface area contributed by atoms with E-state index in [-0.39, 0.29) is 11.8 Å². The second-order valence-corrected chi connectivity index (χ2v) is 5.24. The van der Waals surface area contributed by atoms with Gasteiger partial charge in [-0.05, 0) is 24.1 Å². The van der Waals surface area contributed by atoms with Gasteiger partial charge in [0.25, 0.3) is 11.8 Å². The molecule has 0 saturated carbocycles. The molecule has 1 atom stereocenters. The van der Waals surface area contributed by atoms with Crippen LogP contribution in [0.5, 0.6) is 0 Å². The van der Waals surface area contributed by atoms with E-state index in [2.05, 4.69) is 16.0 Å². The number of amides is 2. The molecule has 1 aromatic rings. The lowest BCUT2D eigenvalue weighted by molar-refractivity contribution is -0.134. The molecule has 1 aromatic carbocycles. The van der Waals surface area contributed by atoms with Crippen molar-refractivity contribution in [3.63, 3.8) is 0 Å². The molecule has 0 aliphatic carbocycles. The Hall–Kier alpha value is -1.92. The molecule has 0 radical (unpaired) electrons. The first-order chi connectivity index (χ1) is 10.7. The Morgan fingerprint density at radius 3 is 2.95 bits per heavy atom. The quantitative estimate of drug-likeness (QED) is 0.712. The molecule has 6 nitrogen and oxygen atoms in total. The summed E-state index contributed by atoms with van der Waals surface area (Å²) in [5, 5.41) is 8.80. The zero-order valence-corrected chi connectivity index (χ0v) is 12.9. The predicted molar refractivity (Wildman–Crippen MR) is 83.5 cm³/mol. The minimum absolute atomic E-state index is 0.0881. The third kappa shape index (κ3) is 4.82. The maximum atomic E-state index is 12.0. The highest BCUT2D eigenvalue weighted by Gasteiger charge is 2.21. The maximum absolute atomic E-state index is 12.0. The van der Waals surface area contributed by atoms with E-state index in [1.807, 2.05) is 19.1 Å². The van der Waals surface area contributed by atoms with Gasteiger partial charge in [-0.25, -0.2) is 0 Å². The molecule has 1 fully saturated rings. The first kappa shape index (κ1) is 16.5. The Balaban J connectivity index is 1.87. The summed E-state index contributed by atoms with van der Waals surface area (Å²) in [5.41, 5.74) is 1.50. The van der Waals surface area contributed by atoms with Crippen LogP contribution in [-0.4, -0.2) is 44.2 Å². The number of hydrogen-bond acceptors (Lipinski definition) is 4. The van der Waals surface area contributed by atoms with Crippen LogP contribution >= 0.6 is 0 Å². The summed E-state index contributed by atoms with van der Waals surface area (Å²) < 4.78 is 5.40. The number of nitrogens with one attached hydrogen (secondary N) is 3. The Labute approximate surface area is 130 Å². The standard InChI is InChI=1S/C16H23N3O3/c1-2-6-18-15(20)13-5-3-4-12(9-13)10-19-16(21)14-11-17-7-8-22-14/h3-5,9,14,17H,2,6-8,10-11H2,1H3,(H,18,20)(H,19,21). The molecule has 0 bridgehead atoms. The number of morpholine rings is 1. The Bertz CT molecular complexity index is 513. The van der Waals surface area contributed by atoms with Crippen molar-refractivity contribution in [1.82, 2.24) is 16.0 Å². The van der Waals surface area contributed by atoms with Crippen molar-refractivity contribution in [3.8, 4) is 0 Å². The van der Waals surface area contributed by atoms with E-state index in [0.29, 0.717) is 31.8 Å². The van der Waals surface area contributed by atoms with Crippen LogP contribution in [0.3, 0.4) is 0 Å². The third-order valence-electron chi connectivity index (χ3n) is 3.41. The van der Waals surface area contributed by atoms with Crippen molar-refractivity contribution in [2.75, 3.05) is 26.2 Å². The van der Waals surface area contributed by atoms with Gasteiger partial charge in [0, 0.05) is 31.7 Å². The number of benzene rings is 1. The molecule has 1 aliphatic rings. The van der Waals surface area contributed by atoms with Crippen LogP contribution in [-0.2, 0) is 16.1 Å². The highest BCUT2D eigenvalue weighted by Crippen LogP contribution is 2.06. The summed E-state index contributed by atoms with van der Waals surface area (Å²) >= 11 is 0. The molecule has 0 spiro atoms. The normalized spacial score (nSPS) is 17.8. The second kappa shape index (κ2) is 8.51. The zero-order chi connectivity index (χ0) is 15.8. The number of carbonyl (C=O) groups is 2. The second-order valence-electron chi connectivity index (χ2n) is 5.24. The summed E-state index contributed by atoms with van der Waals surface area (Å²) in [4.78, 5) is 23.9. The summed E-state index contributed by atoms with van der Waals surface area (Å²) in [7, 11) is 0. The molecule has 2 amide bonds. The van der Waals surface area contributed by atoms with Crippen LogP contribution in [0.25, 0.3) is 0 Å². The van der Waals surface area contributed by atoms with E-state index in [4.69, 9.17) is 4.74 Å². The number of hydrogen-bond donors (Lipinski definition) is 3. The fourth-order valence-electron chi connectivity index (χ4n) is 2.20. The van der Waals surface area contributed by atoms with Crippen LogP contribution in [0.15, 0.2) is 24.3 Å². The van der Waals surface area contributed by atoms with Crippen molar-refractivity contribution >= 4 is 11.8 Å². The van der Waals surface area contributed by atoms with Crippen LogP contribution in [0.2, 0.25) is 0 Å². The fraction of sp³-hybridized carbons (Fsp3) is 0.500. The van der Waals surface area contributed by atoms with Crippen LogP contribution in [0, 0.1) is 0 Å². The highest BCUT2D eigenvalue weighted by atomic mass is 16.5. The van der Waals surface area contributed by atoms with Gasteiger partial charge in [-0.15, -0.1) is 0 Å². The summed E-state index contributed by atoms with van der Waals surface area (Å²) in [6.45, 7) is 4.91. The fourth-order valence-corrected chi connectivity index (χ4v) is 2.20. The maximum Gasteiger partial charge on any atom is 0.251 e. The molecule has 1 heterocycles. The van der Waals surface area contributed by atoms with E-state index < -0.39 is 6.10 Å². The van der Waals surface area contributed by atoms with Gasteiger partial charge >= 0.3 is 0 Å². The molecular formula is C16H23N3O3. The molecule has 1 unspecified atom stereocenters. The Morgan fingerprint density at radius 2 is 2.23 bits per heavy atom. The van der Waals surface area contributed by atoms with Gasteiger partial charge in [-0.2, -0.15) is 0 Å². The van der Waals surface area contributed by atoms with E-state index in [0.717, 1.165) is 18.5 Å². The van der Waals surface area contributed by atoms with Gasteiger partial charge in [-0.1, -0.05) is 19.1 Å². The molecule has 1 saturated heterocycles. The molecular weight excluding hydrogens is 282 g/mol. The Kier molecular flexibility index (Phi) is 6.36. The molecule has 1 aliphatic heterocycles. The largest absolute Gasteiger partial charge is 0.366 e. The van der Waals surface area contributed by atoms with Crippen molar-refractivity contribution in [3.05, 3.63) is 35.4 Å². The smallest absolute Gasteiger partial charge is 0.251 e. The summed E-state index contributed by atoms with van der Waals surface area (Å²) in [5.74, 6) is -0.220. The summed E-state index contributed by atoms with van der Waals surface area (Å²) in [6.07, 6.45) is 0.460. The van der Waals surface area contributed by atoms with E-state index >= 15 is 0 Å². The first-order valence-corrected chi connectivity index (χ1v) is 7.68. The molecule has 22 heavy (non-hydrogen) atoms. The predicted octanol–water partition coefficient (Wildman–Crippen LogP) is 0.431. The average Bonchev–Trinajstić information content (AvgIpc) is 2.58. The molecule has 6 heteroatoms. The van der Waals surface area contributed by atoms with Crippen molar-refractivity contribution in [1.29, 1.82) is 0 Å². The topological polar surface area (TPSA) is 79.5 Å². The minimum Gasteiger partial charge on any atom is -0.366 e. The van der Waals surface area contributed by atoms with Crippen LogP contribution in [0.4, 0.5) is 0 Å². The molecule has 2 rings (SSSR count). The lowest BCUT2D eigenvalue weighted by atomic mass is 10.1. The van der Waals surface area contributed by atoms with E-state index in [1.165, 1.54) is 0 Å². The lowest BCUT2D eigenvalue weighted by Crippen LogP contribution is -2.47. The highest BCUT2D eigenvalue weighted by molar-refractivity contribution is 5.94. The van der Waals surface area contributed by atoms with Crippen molar-refractivity contribution in [2.45, 2.75) is 26.0 Å². The van der Waals surface area contributed by atoms with Crippen LogP contribution < -0.4 is 16.0 Å². The molecule has 3 N–H and O–H groups in total. The van der Waals surface area contributed by atoms with Gasteiger partial charge < -0.3 is 20.7 Å². The van der Waals surface area contributed by atoms with Crippen molar-refractivity contribution < 1.29 is 14.3 Å². The molecule has 120 valence electrons. The number of ether oxygens (including phenoxy) is 1. The Morgan fingerprint density at radius 1 is 1.36 bits per heavy atom. The van der Waals surface area contributed by atoms with Gasteiger partial charge in [0.15, 0.2) is 0 Å². The average molecular weight is 305 g/mol. The third-order valence-corrected chi connectivity index (χ3v) is 3.41. The monoisotopic (exact) mass is 305 g/mol. The van der Waals surface area contributed by atoms with Gasteiger partial charge in [0.2, 0.25) is 0 Å². The SMILES string of the molecule is CCCNC(=O)c1cccc(CNC(=O)C2CNCCO2)c1. The van der Waals surface area contributed by atoms with Gasteiger partial charge in [0.05, 0.1) is 6.61 Å². The van der Waals surface area contributed by atoms with Crippen molar-refractivity contribution in [2.24, 2.45) is 0 Å². The van der Waals surface area contributed by atoms with Gasteiger partial charge in [-0.3, -0.25) is 9.59 Å². The molecule has 0 aromatic heterocycles. The van der Waals surface area contributed by atoms with E-state index in [9.17, 15) is 9.59 Å². The number of carbonyl (C=O) groups excluding carboxylic acids is 2. The first-order valence-electron chi connectivity index (χ1n) is 7.68. The summed E-state index contributed by atoms with van der Waals surface area (Å²) in [6, 6.07) is 7.27.